The Bertz CT molecular complexity index is 741. The molecule has 140 valence electrons. The van der Waals surface area contributed by atoms with Gasteiger partial charge in [0.1, 0.15) is 5.60 Å². The Labute approximate surface area is 153 Å². The van der Waals surface area contributed by atoms with E-state index in [0.717, 1.165) is 25.7 Å². The second-order valence-electron chi connectivity index (χ2n) is 8.48. The van der Waals surface area contributed by atoms with Crippen LogP contribution in [0.2, 0.25) is 0 Å². The zero-order valence-corrected chi connectivity index (χ0v) is 15.6. The summed E-state index contributed by atoms with van der Waals surface area (Å²) in [5.74, 6) is -0.340. The minimum atomic E-state index is -0.679. The van der Waals surface area contributed by atoms with E-state index in [1.807, 2.05) is 0 Å². The van der Waals surface area contributed by atoms with Gasteiger partial charge in [0.15, 0.2) is 12.4 Å². The number of carbonyl (C=O) groups is 1. The monoisotopic (exact) mass is 358 g/mol. The van der Waals surface area contributed by atoms with E-state index in [9.17, 15) is 4.79 Å². The number of fused-ring (bicyclic) bond motifs is 1. The molecule has 0 unspecified atom stereocenters. The van der Waals surface area contributed by atoms with E-state index < -0.39 is 11.9 Å². The van der Waals surface area contributed by atoms with Crippen molar-refractivity contribution in [2.24, 2.45) is 5.41 Å². The molecule has 26 heavy (non-hydrogen) atoms. The van der Waals surface area contributed by atoms with Gasteiger partial charge in [0.25, 0.3) is 0 Å². The molecule has 2 bridgehead atoms. The summed E-state index contributed by atoms with van der Waals surface area (Å²) in [7, 11) is 0. The summed E-state index contributed by atoms with van der Waals surface area (Å²) in [4.78, 5) is 11.6. The Morgan fingerprint density at radius 3 is 2.58 bits per heavy atom. The van der Waals surface area contributed by atoms with Gasteiger partial charge in [-0.25, -0.2) is 0 Å². The molecule has 4 aliphatic rings. The van der Waals surface area contributed by atoms with Gasteiger partial charge in [-0.2, -0.15) is 0 Å². The van der Waals surface area contributed by atoms with Crippen LogP contribution in [0.15, 0.2) is 18.2 Å². The van der Waals surface area contributed by atoms with Crippen LogP contribution < -0.4 is 0 Å². The largest absolute Gasteiger partial charge is 0.433 e. The van der Waals surface area contributed by atoms with Crippen LogP contribution in [0.3, 0.4) is 0 Å². The van der Waals surface area contributed by atoms with E-state index in [1.54, 1.807) is 0 Å². The Morgan fingerprint density at radius 1 is 1.12 bits per heavy atom. The van der Waals surface area contributed by atoms with Gasteiger partial charge in [-0.3, -0.25) is 4.79 Å². The molecule has 6 atom stereocenters. The van der Waals surface area contributed by atoms with Crippen molar-refractivity contribution in [1.29, 1.82) is 0 Å². The molecule has 1 aromatic carbocycles. The van der Waals surface area contributed by atoms with Crippen molar-refractivity contribution in [1.82, 2.24) is 0 Å². The van der Waals surface area contributed by atoms with Crippen molar-refractivity contribution < 1.29 is 23.7 Å². The first kappa shape index (κ1) is 16.7. The summed E-state index contributed by atoms with van der Waals surface area (Å²) in [6.07, 6.45) is 3.69. The molecule has 1 aromatic rings. The highest BCUT2D eigenvalue weighted by molar-refractivity contribution is 5.66. The van der Waals surface area contributed by atoms with Crippen LogP contribution in [0.4, 0.5) is 0 Å². The van der Waals surface area contributed by atoms with E-state index in [-0.39, 0.29) is 29.9 Å². The lowest BCUT2D eigenvalue weighted by Crippen LogP contribution is -2.58. The Kier molecular flexibility index (Phi) is 3.56. The van der Waals surface area contributed by atoms with Crippen LogP contribution in [-0.4, -0.2) is 30.3 Å². The summed E-state index contributed by atoms with van der Waals surface area (Å²) in [6.45, 7) is 5.67. The van der Waals surface area contributed by atoms with Crippen LogP contribution >= 0.6 is 0 Å². The lowest BCUT2D eigenvalue weighted by atomic mass is 9.59. The average molecular weight is 358 g/mol. The lowest BCUT2D eigenvalue weighted by molar-refractivity contribution is -0.341. The predicted molar refractivity (Wildman–Crippen MR) is 93.3 cm³/mol. The SMILES string of the molecule is CC(=O)O[C@@H]1O[C@H]2C[C@]34CCCC[C@@]3(O2)[C@H]1O[C@H]4c1cc(C)cc(C)c1. The third-order valence-corrected chi connectivity index (χ3v) is 6.74. The topological polar surface area (TPSA) is 54.0 Å². The van der Waals surface area contributed by atoms with E-state index in [2.05, 4.69) is 32.0 Å². The quantitative estimate of drug-likeness (QED) is 0.755. The smallest absolute Gasteiger partial charge is 0.305 e. The Hall–Kier alpha value is -1.43. The maximum Gasteiger partial charge on any atom is 0.305 e. The molecule has 5 nitrogen and oxygen atoms in total. The van der Waals surface area contributed by atoms with Crippen molar-refractivity contribution in [2.75, 3.05) is 0 Å². The molecule has 0 radical (unpaired) electrons. The molecule has 4 fully saturated rings. The molecule has 3 saturated heterocycles. The number of aryl methyl sites for hydroxylation is 2. The fraction of sp³-hybridized carbons (Fsp3) is 0.667. The molecule has 5 heteroatoms. The number of hydrogen-bond donors (Lipinski definition) is 0. The van der Waals surface area contributed by atoms with Gasteiger partial charge in [0.05, 0.1) is 6.10 Å². The fourth-order valence-electron chi connectivity index (χ4n) is 6.05. The van der Waals surface area contributed by atoms with Crippen molar-refractivity contribution in [3.05, 3.63) is 34.9 Å². The molecule has 1 saturated carbocycles. The van der Waals surface area contributed by atoms with Crippen LogP contribution in [0.1, 0.15) is 61.8 Å². The van der Waals surface area contributed by atoms with Crippen molar-refractivity contribution in [3.8, 4) is 0 Å². The summed E-state index contributed by atoms with van der Waals surface area (Å²) in [5.41, 5.74) is 3.19. The molecule has 0 N–H and O–H groups in total. The van der Waals surface area contributed by atoms with Crippen LogP contribution in [0.5, 0.6) is 0 Å². The first-order valence-corrected chi connectivity index (χ1v) is 9.68. The number of rotatable bonds is 2. The van der Waals surface area contributed by atoms with E-state index in [1.165, 1.54) is 30.0 Å². The third-order valence-electron chi connectivity index (χ3n) is 6.74. The molecule has 5 rings (SSSR count). The summed E-state index contributed by atoms with van der Waals surface area (Å²) >= 11 is 0. The fourth-order valence-corrected chi connectivity index (χ4v) is 6.05. The zero-order valence-electron chi connectivity index (χ0n) is 15.6. The maximum absolute atomic E-state index is 11.6. The average Bonchev–Trinajstić information content (AvgIpc) is 2.99. The summed E-state index contributed by atoms with van der Waals surface area (Å²) < 4.78 is 24.5. The van der Waals surface area contributed by atoms with Crippen LogP contribution in [0.25, 0.3) is 0 Å². The standard InChI is InChI=1S/C21H26O5/c1-12-8-13(2)10-15(9-12)17-20-6-4-5-7-21(20)18(25-17)19(23-14(3)22)24-16(11-20)26-21/h8-10,16-19H,4-7,11H2,1-3H3/t16-,17+,18+,19-,20+,21-/m1/s1. The molecule has 3 aliphatic heterocycles. The van der Waals surface area contributed by atoms with Gasteiger partial charge >= 0.3 is 5.97 Å². The highest BCUT2D eigenvalue weighted by Crippen LogP contribution is 2.71. The molecule has 0 amide bonds. The molecule has 1 aliphatic carbocycles. The number of benzene rings is 1. The zero-order chi connectivity index (χ0) is 18.1. The van der Waals surface area contributed by atoms with Gasteiger partial charge < -0.3 is 18.9 Å². The number of ether oxygens (including phenoxy) is 4. The molecular weight excluding hydrogens is 332 g/mol. The minimum Gasteiger partial charge on any atom is -0.433 e. The maximum atomic E-state index is 11.6. The van der Waals surface area contributed by atoms with Gasteiger partial charge in [0.2, 0.25) is 6.29 Å². The highest BCUT2D eigenvalue weighted by atomic mass is 16.8. The van der Waals surface area contributed by atoms with E-state index in [4.69, 9.17) is 18.9 Å². The number of hydrogen-bond acceptors (Lipinski definition) is 5. The second-order valence-corrected chi connectivity index (χ2v) is 8.48. The number of carbonyl (C=O) groups excluding carboxylic acids is 1. The third kappa shape index (κ3) is 2.11. The summed E-state index contributed by atoms with van der Waals surface area (Å²) in [6, 6.07) is 6.64. The van der Waals surface area contributed by atoms with Gasteiger partial charge in [-0.1, -0.05) is 42.2 Å². The van der Waals surface area contributed by atoms with Crippen molar-refractivity contribution in [2.45, 2.75) is 83.3 Å². The van der Waals surface area contributed by atoms with E-state index in [0.29, 0.717) is 0 Å². The molecular formula is C21H26O5. The molecule has 3 heterocycles. The van der Waals surface area contributed by atoms with Gasteiger partial charge in [-0.15, -0.1) is 0 Å². The second kappa shape index (κ2) is 5.54. The van der Waals surface area contributed by atoms with Gasteiger partial charge in [0, 0.05) is 18.8 Å². The lowest BCUT2D eigenvalue weighted by Gasteiger charge is -2.47. The normalized spacial score (nSPS) is 43.2. The Morgan fingerprint density at radius 2 is 1.85 bits per heavy atom. The van der Waals surface area contributed by atoms with E-state index >= 15 is 0 Å². The van der Waals surface area contributed by atoms with Crippen molar-refractivity contribution >= 4 is 5.97 Å². The summed E-state index contributed by atoms with van der Waals surface area (Å²) in [5, 5.41) is 0. The first-order valence-electron chi connectivity index (χ1n) is 9.68. The predicted octanol–water partition coefficient (Wildman–Crippen LogP) is 3.71. The molecule has 1 spiro atoms. The van der Waals surface area contributed by atoms with Crippen LogP contribution in [0, 0.1) is 19.3 Å². The Balaban J connectivity index is 1.62. The number of esters is 1. The van der Waals surface area contributed by atoms with Crippen LogP contribution in [-0.2, 0) is 23.7 Å². The minimum absolute atomic E-state index is 0.0432. The first-order chi connectivity index (χ1) is 12.4. The molecule has 0 aromatic heterocycles. The highest BCUT2D eigenvalue weighted by Gasteiger charge is 2.77. The van der Waals surface area contributed by atoms with Crippen molar-refractivity contribution in [3.63, 3.8) is 0 Å². The van der Waals surface area contributed by atoms with Gasteiger partial charge in [-0.05, 0) is 32.3 Å².